The summed E-state index contributed by atoms with van der Waals surface area (Å²) in [5, 5.41) is 7.80. The molecular formula is C13H17N5. The maximum absolute atomic E-state index is 4.42. The Morgan fingerprint density at radius 3 is 3.06 bits per heavy atom. The van der Waals surface area contributed by atoms with E-state index in [-0.39, 0.29) is 0 Å². The lowest BCUT2D eigenvalue weighted by Gasteiger charge is -2.21. The van der Waals surface area contributed by atoms with Crippen LogP contribution in [0.25, 0.3) is 5.78 Å². The molecule has 0 spiro atoms. The van der Waals surface area contributed by atoms with E-state index in [0.29, 0.717) is 11.8 Å². The van der Waals surface area contributed by atoms with Crippen LogP contribution in [0.5, 0.6) is 0 Å². The zero-order chi connectivity index (χ0) is 12.5. The summed E-state index contributed by atoms with van der Waals surface area (Å²) in [4.78, 5) is 8.58. The Kier molecular flexibility index (Phi) is 2.74. The summed E-state index contributed by atoms with van der Waals surface area (Å²) in [6.45, 7) is 4.07. The number of aryl methyl sites for hydroxylation is 1. The zero-order valence-electron chi connectivity index (χ0n) is 10.7. The van der Waals surface area contributed by atoms with Gasteiger partial charge in [0.25, 0.3) is 5.78 Å². The van der Waals surface area contributed by atoms with E-state index in [1.807, 2.05) is 6.92 Å². The van der Waals surface area contributed by atoms with Crippen molar-refractivity contribution in [3.05, 3.63) is 29.7 Å². The Labute approximate surface area is 106 Å². The van der Waals surface area contributed by atoms with Gasteiger partial charge in [-0.3, -0.25) is 0 Å². The van der Waals surface area contributed by atoms with Crippen LogP contribution >= 0.6 is 0 Å². The lowest BCUT2D eigenvalue weighted by Crippen LogP contribution is -2.22. The van der Waals surface area contributed by atoms with Crippen LogP contribution in [0.3, 0.4) is 0 Å². The summed E-state index contributed by atoms with van der Waals surface area (Å²) in [6, 6.07) is 0.381. The van der Waals surface area contributed by atoms with Gasteiger partial charge < -0.3 is 5.32 Å². The first-order valence-corrected chi connectivity index (χ1v) is 6.36. The number of nitrogens with one attached hydrogen (secondary N) is 1. The van der Waals surface area contributed by atoms with Crippen molar-refractivity contribution in [2.24, 2.45) is 0 Å². The van der Waals surface area contributed by atoms with Gasteiger partial charge in [-0.2, -0.15) is 14.6 Å². The molecule has 2 heterocycles. The maximum Gasteiger partial charge on any atom is 0.254 e. The minimum Gasteiger partial charge on any atom is -0.363 e. The van der Waals surface area contributed by atoms with Crippen molar-refractivity contribution in [3.8, 4) is 0 Å². The van der Waals surface area contributed by atoms with Gasteiger partial charge in [-0.05, 0) is 33.1 Å². The molecular weight excluding hydrogens is 226 g/mol. The zero-order valence-corrected chi connectivity index (χ0v) is 10.7. The fraction of sp³-hybridized carbons (Fsp3) is 0.462. The van der Waals surface area contributed by atoms with E-state index in [9.17, 15) is 0 Å². The Morgan fingerprint density at radius 2 is 2.28 bits per heavy atom. The van der Waals surface area contributed by atoms with Crippen molar-refractivity contribution in [1.82, 2.24) is 19.6 Å². The topological polar surface area (TPSA) is 55.1 Å². The van der Waals surface area contributed by atoms with Crippen molar-refractivity contribution < 1.29 is 0 Å². The molecule has 5 nitrogen and oxygen atoms in total. The van der Waals surface area contributed by atoms with Gasteiger partial charge in [0, 0.05) is 17.3 Å². The van der Waals surface area contributed by atoms with Crippen molar-refractivity contribution >= 4 is 11.6 Å². The average Bonchev–Trinajstić information content (AvgIpc) is 2.84. The highest BCUT2D eigenvalue weighted by Crippen LogP contribution is 2.21. The van der Waals surface area contributed by atoms with Gasteiger partial charge in [-0.15, -0.1) is 0 Å². The second kappa shape index (κ2) is 4.40. The summed E-state index contributed by atoms with van der Waals surface area (Å²) < 4.78 is 1.78. The molecule has 1 aliphatic carbocycles. The summed E-state index contributed by atoms with van der Waals surface area (Å²) in [7, 11) is 0. The fourth-order valence-electron chi connectivity index (χ4n) is 2.31. The molecule has 0 radical (unpaired) electrons. The highest BCUT2D eigenvalue weighted by atomic mass is 15.4. The van der Waals surface area contributed by atoms with E-state index >= 15 is 0 Å². The van der Waals surface area contributed by atoms with Gasteiger partial charge in [-0.25, -0.2) is 4.98 Å². The van der Waals surface area contributed by atoms with Crippen molar-refractivity contribution in [3.63, 3.8) is 0 Å². The van der Waals surface area contributed by atoms with Crippen LogP contribution in [0.1, 0.15) is 30.5 Å². The van der Waals surface area contributed by atoms with Gasteiger partial charge in [-0.1, -0.05) is 12.2 Å². The van der Waals surface area contributed by atoms with E-state index in [1.54, 1.807) is 10.8 Å². The van der Waals surface area contributed by atoms with Gasteiger partial charge in [0.05, 0.1) is 0 Å². The number of rotatable bonds is 2. The Morgan fingerprint density at radius 1 is 1.39 bits per heavy atom. The minimum atomic E-state index is 0.381. The normalized spacial score (nSPS) is 19.3. The smallest absolute Gasteiger partial charge is 0.254 e. The summed E-state index contributed by atoms with van der Waals surface area (Å²) in [5.74, 6) is 1.66. The van der Waals surface area contributed by atoms with Crippen molar-refractivity contribution in [1.29, 1.82) is 0 Å². The van der Waals surface area contributed by atoms with E-state index in [2.05, 4.69) is 39.5 Å². The third-order valence-corrected chi connectivity index (χ3v) is 3.48. The second-order valence-corrected chi connectivity index (χ2v) is 4.75. The second-order valence-electron chi connectivity index (χ2n) is 4.75. The molecule has 0 aliphatic heterocycles. The largest absolute Gasteiger partial charge is 0.363 e. The molecule has 0 saturated carbocycles. The van der Waals surface area contributed by atoms with Gasteiger partial charge in [0.15, 0.2) is 0 Å². The molecule has 2 aromatic heterocycles. The molecule has 1 aliphatic rings. The number of fused-ring (bicyclic) bond motifs is 1. The molecule has 1 N–H and O–H groups in total. The Hall–Kier alpha value is -1.91. The molecule has 0 saturated heterocycles. The Balaban J connectivity index is 2.03. The lowest BCUT2D eigenvalue weighted by molar-refractivity contribution is 0.667. The molecule has 18 heavy (non-hydrogen) atoms. The van der Waals surface area contributed by atoms with Crippen LogP contribution in [0.15, 0.2) is 18.5 Å². The lowest BCUT2D eigenvalue weighted by atomic mass is 10.0. The van der Waals surface area contributed by atoms with Crippen molar-refractivity contribution in [2.45, 2.75) is 39.2 Å². The molecule has 0 aromatic carbocycles. The predicted molar refractivity (Wildman–Crippen MR) is 70.7 cm³/mol. The fourth-order valence-corrected chi connectivity index (χ4v) is 2.31. The van der Waals surface area contributed by atoms with Crippen molar-refractivity contribution in [2.75, 3.05) is 5.32 Å². The number of nitrogens with zero attached hydrogens (tertiary/aromatic N) is 4. The molecule has 0 fully saturated rings. The third kappa shape index (κ3) is 1.85. The number of anilines is 1. The van der Waals surface area contributed by atoms with Gasteiger partial charge in [0.2, 0.25) is 0 Å². The first kappa shape index (κ1) is 11.2. The molecule has 0 amide bonds. The van der Waals surface area contributed by atoms with E-state index in [4.69, 9.17) is 0 Å². The minimum absolute atomic E-state index is 0.381. The quantitative estimate of drug-likeness (QED) is 0.822. The van der Waals surface area contributed by atoms with Gasteiger partial charge in [0.1, 0.15) is 12.1 Å². The Bertz CT molecular complexity index is 599. The number of allylic oxidation sites excluding steroid dienone is 1. The summed E-state index contributed by atoms with van der Waals surface area (Å²) in [5.41, 5.74) is 2.13. The monoisotopic (exact) mass is 243 g/mol. The van der Waals surface area contributed by atoms with Crippen LogP contribution in [0.4, 0.5) is 5.82 Å². The van der Waals surface area contributed by atoms with E-state index in [0.717, 1.165) is 23.5 Å². The number of hydrogen-bond acceptors (Lipinski definition) is 4. The van der Waals surface area contributed by atoms with Crippen LogP contribution in [0.2, 0.25) is 0 Å². The van der Waals surface area contributed by atoms with E-state index < -0.39 is 0 Å². The van der Waals surface area contributed by atoms with Crippen LogP contribution < -0.4 is 5.32 Å². The number of aromatic nitrogens is 4. The highest BCUT2D eigenvalue weighted by Gasteiger charge is 2.15. The molecule has 94 valence electrons. The van der Waals surface area contributed by atoms with Crippen LogP contribution in [-0.2, 0) is 0 Å². The molecule has 5 heteroatoms. The standard InChI is InChI=1S/C13H17N5/c1-9-10(2)16-13-14-8-15-18(13)12(9)17-11-6-4-3-5-7-11/h4,6,8,11,17H,3,5,7H2,1-2H3/t11-/m0/s1. The molecule has 0 bridgehead atoms. The summed E-state index contributed by atoms with van der Waals surface area (Å²) >= 11 is 0. The molecule has 0 unspecified atom stereocenters. The SMILES string of the molecule is Cc1nc2ncnn2c(N[C@H]2C=CCCC2)c1C. The summed E-state index contributed by atoms with van der Waals surface area (Å²) in [6.07, 6.45) is 9.60. The number of hydrogen-bond donors (Lipinski definition) is 1. The highest BCUT2D eigenvalue weighted by molar-refractivity contribution is 5.52. The van der Waals surface area contributed by atoms with Gasteiger partial charge >= 0.3 is 0 Å². The predicted octanol–water partition coefficient (Wildman–Crippen LogP) is 2.26. The maximum atomic E-state index is 4.42. The average molecular weight is 243 g/mol. The molecule has 2 aromatic rings. The molecule has 1 atom stereocenters. The first-order chi connectivity index (χ1) is 8.75. The van der Waals surface area contributed by atoms with Crippen LogP contribution in [-0.4, -0.2) is 25.6 Å². The van der Waals surface area contributed by atoms with E-state index in [1.165, 1.54) is 12.8 Å². The third-order valence-electron chi connectivity index (χ3n) is 3.48. The molecule has 3 rings (SSSR count). The van der Waals surface area contributed by atoms with Crippen LogP contribution in [0, 0.1) is 13.8 Å². The first-order valence-electron chi connectivity index (χ1n) is 6.36.